The standard InChI is InChI=1S/C44H46F4N8O6S2/c1-24-36(64-23-52-24)26-11-9-25(10-12-26)20-51-38(59)31-18-29(57)22-54(31)39(60)37(42(2,3)4)53-32(58)8-7-17-62-33-16-14-28(21-50-33)56-41(63)55(40(61)43(56,5)6)30-15-13-27(19-49)34(35(30)45)44(46,47)48/h9-16,21,23,29,31,37,57H,7-8,17-18,20,22H2,1-6H3,(H,51,59)(H,53,58)/t29-,31+,37-/m1/s1. The second-order valence-corrected chi connectivity index (χ2v) is 18.2. The Morgan fingerprint density at radius 1 is 1.09 bits per heavy atom. The molecule has 2 aromatic carbocycles. The first-order valence-corrected chi connectivity index (χ1v) is 21.5. The van der Waals surface area contributed by atoms with Crippen molar-refractivity contribution in [2.75, 3.05) is 23.0 Å². The van der Waals surface area contributed by atoms with Crippen LogP contribution in [0.3, 0.4) is 0 Å². The number of thiocarbonyl (C=S) groups is 1. The van der Waals surface area contributed by atoms with Gasteiger partial charge >= 0.3 is 6.18 Å². The summed E-state index contributed by atoms with van der Waals surface area (Å²) in [4.78, 5) is 67.1. The van der Waals surface area contributed by atoms with E-state index in [1.165, 1.54) is 48.0 Å². The number of amides is 4. The number of carbonyl (C=O) groups excluding carboxylic acids is 4. The molecule has 0 radical (unpaired) electrons. The molecule has 64 heavy (non-hydrogen) atoms. The number of aliphatic hydroxyl groups excluding tert-OH is 1. The molecule has 3 N–H and O–H groups in total. The molecule has 2 aliphatic heterocycles. The maximum absolute atomic E-state index is 15.4. The number of thiazole rings is 1. The van der Waals surface area contributed by atoms with Crippen LogP contribution in [-0.2, 0) is 31.9 Å². The van der Waals surface area contributed by atoms with Gasteiger partial charge in [-0.1, -0.05) is 45.0 Å². The van der Waals surface area contributed by atoms with Crippen LogP contribution in [0.2, 0.25) is 0 Å². The van der Waals surface area contributed by atoms with Crippen molar-refractivity contribution >= 4 is 63.7 Å². The lowest BCUT2D eigenvalue weighted by Gasteiger charge is -2.35. The summed E-state index contributed by atoms with van der Waals surface area (Å²) in [7, 11) is 0. The molecule has 0 aliphatic carbocycles. The Balaban J connectivity index is 1.03. The number of pyridine rings is 1. The second-order valence-electron chi connectivity index (χ2n) is 17.0. The number of nitrogens with one attached hydrogen (secondary N) is 2. The molecule has 0 bridgehead atoms. The molecule has 0 unspecified atom stereocenters. The predicted octanol–water partition coefficient (Wildman–Crippen LogP) is 6.43. The zero-order valence-corrected chi connectivity index (χ0v) is 37.4. The molecule has 4 aromatic rings. The minimum absolute atomic E-state index is 0.0292. The fraction of sp³-hybridized carbons (Fsp3) is 0.409. The van der Waals surface area contributed by atoms with Crippen LogP contribution in [0.25, 0.3) is 10.4 Å². The van der Waals surface area contributed by atoms with Crippen LogP contribution in [0.15, 0.2) is 60.2 Å². The van der Waals surface area contributed by atoms with E-state index in [0.717, 1.165) is 33.8 Å². The molecule has 6 rings (SSSR count). The molecule has 4 amide bonds. The Labute approximate surface area is 376 Å². The van der Waals surface area contributed by atoms with Crippen molar-refractivity contribution in [2.24, 2.45) is 5.41 Å². The maximum atomic E-state index is 15.4. The predicted molar refractivity (Wildman–Crippen MR) is 233 cm³/mol. The molecule has 2 aliphatic rings. The van der Waals surface area contributed by atoms with Gasteiger partial charge in [0.1, 0.15) is 23.2 Å². The van der Waals surface area contributed by atoms with Crippen molar-refractivity contribution in [2.45, 2.75) is 97.3 Å². The van der Waals surface area contributed by atoms with E-state index < -0.39 is 81.6 Å². The molecular formula is C44H46F4N8O6S2. The summed E-state index contributed by atoms with van der Waals surface area (Å²) in [5, 5.41) is 25.1. The molecule has 338 valence electrons. The van der Waals surface area contributed by atoms with Crippen LogP contribution < -0.4 is 25.2 Å². The van der Waals surface area contributed by atoms with E-state index in [2.05, 4.69) is 20.6 Å². The lowest BCUT2D eigenvalue weighted by Crippen LogP contribution is -2.57. The number of hydrogen-bond donors (Lipinski definition) is 3. The number of alkyl halides is 3. The van der Waals surface area contributed by atoms with Gasteiger partial charge in [-0.25, -0.2) is 14.4 Å². The van der Waals surface area contributed by atoms with E-state index in [0.29, 0.717) is 4.90 Å². The number of nitriles is 1. The molecule has 4 heterocycles. The van der Waals surface area contributed by atoms with Gasteiger partial charge in [-0.2, -0.15) is 18.4 Å². The largest absolute Gasteiger partial charge is 0.478 e. The van der Waals surface area contributed by atoms with Gasteiger partial charge in [0.25, 0.3) is 5.91 Å². The Kier molecular flexibility index (Phi) is 13.8. The number of benzene rings is 2. The molecule has 3 atom stereocenters. The van der Waals surface area contributed by atoms with Crippen molar-refractivity contribution in [3.63, 3.8) is 0 Å². The van der Waals surface area contributed by atoms with Gasteiger partial charge in [-0.15, -0.1) is 11.3 Å². The van der Waals surface area contributed by atoms with Crippen LogP contribution >= 0.6 is 23.6 Å². The van der Waals surface area contributed by atoms with Crippen molar-refractivity contribution < 1.29 is 46.6 Å². The molecular weight excluding hydrogens is 877 g/mol. The minimum atomic E-state index is -5.22. The van der Waals surface area contributed by atoms with Gasteiger partial charge < -0.3 is 30.3 Å². The first kappa shape index (κ1) is 47.4. The van der Waals surface area contributed by atoms with E-state index in [1.807, 2.05) is 31.2 Å². The molecule has 2 saturated heterocycles. The van der Waals surface area contributed by atoms with Gasteiger partial charge in [-0.05, 0) is 74.2 Å². The molecule has 20 heteroatoms. The number of nitrogens with zero attached hydrogens (tertiary/aromatic N) is 6. The maximum Gasteiger partial charge on any atom is 0.420 e. The highest BCUT2D eigenvalue weighted by atomic mass is 32.1. The number of β-amino-alcohol motifs (C(OH)–C–C–N with tert-alkyl or cyclic N) is 1. The monoisotopic (exact) mass is 922 g/mol. The van der Waals surface area contributed by atoms with Crippen molar-refractivity contribution in [3.8, 4) is 22.4 Å². The number of halogens is 4. The van der Waals surface area contributed by atoms with Crippen LogP contribution in [0, 0.1) is 29.5 Å². The van der Waals surface area contributed by atoms with Crippen LogP contribution in [-0.4, -0.2) is 85.6 Å². The van der Waals surface area contributed by atoms with Crippen LogP contribution in [0.5, 0.6) is 5.88 Å². The van der Waals surface area contributed by atoms with E-state index in [9.17, 15) is 37.5 Å². The summed E-state index contributed by atoms with van der Waals surface area (Å²) >= 11 is 7.03. The Hall–Kier alpha value is -6.04. The highest BCUT2D eigenvalue weighted by molar-refractivity contribution is 7.81. The topological polar surface area (TPSA) is 181 Å². The van der Waals surface area contributed by atoms with Gasteiger partial charge in [0.15, 0.2) is 10.9 Å². The number of aliphatic hydroxyl groups is 1. The average Bonchev–Trinajstić information content (AvgIpc) is 3.89. The fourth-order valence-electron chi connectivity index (χ4n) is 7.56. The number of likely N-dealkylation sites (tertiary alicyclic amines) is 1. The van der Waals surface area contributed by atoms with Crippen molar-refractivity contribution in [1.29, 1.82) is 5.26 Å². The van der Waals surface area contributed by atoms with Crippen molar-refractivity contribution in [1.82, 2.24) is 25.5 Å². The summed E-state index contributed by atoms with van der Waals surface area (Å²) in [6.45, 7) is 10.4. The Morgan fingerprint density at radius 3 is 2.39 bits per heavy atom. The van der Waals surface area contributed by atoms with E-state index in [1.54, 1.807) is 37.6 Å². The SMILES string of the molecule is Cc1ncsc1-c1ccc(CNC(=O)[C@@H]2C[C@@H](O)CN2C(=O)[C@@H](NC(=O)CCCOc2ccc(N3C(=S)N(c4ccc(C#N)c(C(F)(F)F)c4F)C(=O)C3(C)C)cn2)C(C)(C)C)cc1. The van der Waals surface area contributed by atoms with Crippen LogP contribution in [0.1, 0.15) is 76.3 Å². The molecule has 0 saturated carbocycles. The zero-order valence-electron chi connectivity index (χ0n) is 35.7. The fourth-order valence-corrected chi connectivity index (χ4v) is 8.89. The van der Waals surface area contributed by atoms with Gasteiger partial charge in [0.2, 0.25) is 23.6 Å². The van der Waals surface area contributed by atoms with E-state index in [-0.39, 0.29) is 55.6 Å². The van der Waals surface area contributed by atoms with Crippen molar-refractivity contribution in [3.05, 3.63) is 88.4 Å². The third kappa shape index (κ3) is 9.86. The van der Waals surface area contributed by atoms with E-state index in [4.69, 9.17) is 22.2 Å². The lowest BCUT2D eigenvalue weighted by molar-refractivity contribution is -0.144. The highest BCUT2D eigenvalue weighted by Crippen LogP contribution is 2.42. The number of aromatic nitrogens is 2. The molecule has 14 nitrogen and oxygen atoms in total. The average molecular weight is 923 g/mol. The first-order chi connectivity index (χ1) is 30.0. The lowest BCUT2D eigenvalue weighted by atomic mass is 9.85. The van der Waals surface area contributed by atoms with Crippen LogP contribution in [0.4, 0.5) is 28.9 Å². The number of aryl methyl sites for hydroxylation is 1. The summed E-state index contributed by atoms with van der Waals surface area (Å²) in [6.07, 6.45) is -4.62. The number of hydrogen-bond acceptors (Lipinski definition) is 11. The number of carbonyl (C=O) groups is 4. The third-order valence-electron chi connectivity index (χ3n) is 10.9. The normalized spacial score (nSPS) is 17.9. The molecule has 2 aromatic heterocycles. The van der Waals surface area contributed by atoms with Gasteiger partial charge in [0, 0.05) is 32.0 Å². The minimum Gasteiger partial charge on any atom is -0.478 e. The summed E-state index contributed by atoms with van der Waals surface area (Å²) in [5.41, 5.74) is -0.932. The number of ether oxygens (including phenoxy) is 1. The Bertz CT molecular complexity index is 2480. The van der Waals surface area contributed by atoms with Gasteiger partial charge in [-0.3, -0.25) is 24.1 Å². The zero-order chi connectivity index (χ0) is 46.9. The molecule has 0 spiro atoms. The van der Waals surface area contributed by atoms with Gasteiger partial charge in [0.05, 0.1) is 58.0 Å². The highest BCUT2D eigenvalue weighted by Gasteiger charge is 2.52. The smallest absolute Gasteiger partial charge is 0.420 e. The third-order valence-corrected chi connectivity index (χ3v) is 12.3. The summed E-state index contributed by atoms with van der Waals surface area (Å²) in [5.74, 6) is -3.87. The Morgan fingerprint density at radius 2 is 1.80 bits per heavy atom. The molecule has 2 fully saturated rings. The summed E-state index contributed by atoms with van der Waals surface area (Å²) < 4.78 is 62.4. The summed E-state index contributed by atoms with van der Waals surface area (Å²) in [6, 6.07) is 11.7. The van der Waals surface area contributed by atoms with E-state index >= 15 is 4.39 Å². The quantitative estimate of drug-likeness (QED) is 0.0765. The second kappa shape index (κ2) is 18.6. The first-order valence-electron chi connectivity index (χ1n) is 20.2. The number of anilines is 2. The number of rotatable bonds is 13.